The summed E-state index contributed by atoms with van der Waals surface area (Å²) in [5.41, 5.74) is 6.93. The van der Waals surface area contributed by atoms with Crippen molar-refractivity contribution in [2.75, 3.05) is 38.6 Å². The number of nitrogen functional groups attached to an aromatic ring is 1. The second-order valence-corrected chi connectivity index (χ2v) is 6.50. The number of nitrogens with zero attached hydrogens (tertiary/aromatic N) is 4. The molecule has 4 rings (SSSR count). The van der Waals surface area contributed by atoms with Crippen molar-refractivity contribution in [2.45, 2.75) is 6.54 Å². The van der Waals surface area contributed by atoms with E-state index in [0.717, 1.165) is 48.8 Å². The summed E-state index contributed by atoms with van der Waals surface area (Å²) in [5, 5.41) is 0.944. The van der Waals surface area contributed by atoms with Crippen LogP contribution in [0, 0.1) is 0 Å². The first kappa shape index (κ1) is 13.8. The number of hydrogen-bond donors (Lipinski definition) is 1. The van der Waals surface area contributed by atoms with Crippen molar-refractivity contribution in [3.8, 4) is 0 Å². The van der Waals surface area contributed by atoms with Crippen LogP contribution >= 0.6 is 11.3 Å². The number of aromatic nitrogens is 2. The molecular formula is C15H17N5OS. The highest BCUT2D eigenvalue weighted by Gasteiger charge is 2.16. The second kappa shape index (κ2) is 5.75. The highest BCUT2D eigenvalue weighted by Crippen LogP contribution is 2.29. The Kier molecular flexibility index (Phi) is 3.61. The van der Waals surface area contributed by atoms with Crippen LogP contribution in [-0.2, 0) is 11.3 Å². The molecule has 1 fully saturated rings. The Morgan fingerprint density at radius 1 is 1.27 bits per heavy atom. The molecule has 0 bridgehead atoms. The monoisotopic (exact) mass is 315 g/mol. The summed E-state index contributed by atoms with van der Waals surface area (Å²) in [6.45, 7) is 5.18. The molecule has 0 atom stereocenters. The predicted molar refractivity (Wildman–Crippen MR) is 88.5 cm³/mol. The maximum atomic E-state index is 6.11. The van der Waals surface area contributed by atoms with Crippen LogP contribution in [0.25, 0.3) is 10.2 Å². The molecule has 22 heavy (non-hydrogen) atoms. The molecule has 0 aliphatic carbocycles. The smallest absolute Gasteiger partial charge is 0.181 e. The van der Waals surface area contributed by atoms with Crippen molar-refractivity contribution in [1.82, 2.24) is 14.9 Å². The van der Waals surface area contributed by atoms with Crippen LogP contribution in [0.3, 0.4) is 0 Å². The predicted octanol–water partition coefficient (Wildman–Crippen LogP) is 1.46. The first-order chi connectivity index (χ1) is 10.8. The van der Waals surface area contributed by atoms with Gasteiger partial charge in [-0.15, -0.1) is 11.3 Å². The third-order valence-electron chi connectivity index (χ3n) is 3.83. The van der Waals surface area contributed by atoms with Gasteiger partial charge in [0, 0.05) is 24.5 Å². The van der Waals surface area contributed by atoms with E-state index < -0.39 is 0 Å². The van der Waals surface area contributed by atoms with E-state index in [-0.39, 0.29) is 0 Å². The molecular weight excluding hydrogens is 298 g/mol. The molecule has 6 nitrogen and oxygen atoms in total. The molecule has 0 radical (unpaired) electrons. The minimum Gasteiger partial charge on any atom is -0.383 e. The lowest BCUT2D eigenvalue weighted by atomic mass is 10.3. The first-order valence-corrected chi connectivity index (χ1v) is 8.18. The Hall–Kier alpha value is -1.83. The molecule has 4 heterocycles. The SMILES string of the molecule is Nc1nc(C2=NCC=C2)nc2sc(CN3CCOCC3)cc12. The van der Waals surface area contributed by atoms with Crippen LogP contribution in [0.5, 0.6) is 0 Å². The number of rotatable bonds is 3. The molecule has 2 aliphatic rings. The van der Waals surface area contributed by atoms with Crippen LogP contribution < -0.4 is 5.73 Å². The van der Waals surface area contributed by atoms with Gasteiger partial charge in [-0.3, -0.25) is 9.89 Å². The van der Waals surface area contributed by atoms with E-state index in [1.807, 2.05) is 12.2 Å². The maximum absolute atomic E-state index is 6.11. The van der Waals surface area contributed by atoms with Crippen LogP contribution in [0.4, 0.5) is 5.82 Å². The Labute approximate surface area is 132 Å². The van der Waals surface area contributed by atoms with E-state index >= 15 is 0 Å². The summed E-state index contributed by atoms with van der Waals surface area (Å²) in [5.74, 6) is 1.16. The molecule has 0 spiro atoms. The Balaban J connectivity index is 1.64. The normalized spacial score (nSPS) is 19.0. The van der Waals surface area contributed by atoms with E-state index in [9.17, 15) is 0 Å². The van der Waals surface area contributed by atoms with E-state index in [2.05, 4.69) is 25.9 Å². The summed E-state index contributed by atoms with van der Waals surface area (Å²) in [4.78, 5) is 18.0. The topological polar surface area (TPSA) is 76.6 Å². The van der Waals surface area contributed by atoms with E-state index in [4.69, 9.17) is 10.5 Å². The number of hydrogen-bond acceptors (Lipinski definition) is 7. The maximum Gasteiger partial charge on any atom is 0.181 e. The zero-order chi connectivity index (χ0) is 14.9. The average molecular weight is 315 g/mol. The van der Waals surface area contributed by atoms with Crippen LogP contribution in [0.1, 0.15) is 10.7 Å². The third kappa shape index (κ3) is 2.63. The number of nitrogens with two attached hydrogens (primary N) is 1. The van der Waals surface area contributed by atoms with Gasteiger partial charge in [0.15, 0.2) is 5.82 Å². The average Bonchev–Trinajstić information content (AvgIpc) is 3.17. The van der Waals surface area contributed by atoms with Crippen LogP contribution in [-0.4, -0.2) is 53.4 Å². The molecule has 7 heteroatoms. The van der Waals surface area contributed by atoms with Gasteiger partial charge in [-0.2, -0.15) is 0 Å². The molecule has 2 aromatic rings. The largest absolute Gasteiger partial charge is 0.383 e. The highest BCUT2D eigenvalue weighted by atomic mass is 32.1. The lowest BCUT2D eigenvalue weighted by molar-refractivity contribution is 0.0346. The first-order valence-electron chi connectivity index (χ1n) is 7.37. The summed E-state index contributed by atoms with van der Waals surface area (Å²) in [7, 11) is 0. The number of morpholine rings is 1. The van der Waals surface area contributed by atoms with Gasteiger partial charge in [0.1, 0.15) is 16.4 Å². The van der Waals surface area contributed by atoms with Gasteiger partial charge in [-0.1, -0.05) is 6.08 Å². The van der Waals surface area contributed by atoms with E-state index in [1.165, 1.54) is 4.88 Å². The molecule has 2 aromatic heterocycles. The van der Waals surface area contributed by atoms with Crippen molar-refractivity contribution >= 4 is 33.1 Å². The fraction of sp³-hybridized carbons (Fsp3) is 0.400. The zero-order valence-electron chi connectivity index (χ0n) is 12.2. The molecule has 114 valence electrons. The molecule has 2 aliphatic heterocycles. The molecule has 0 aromatic carbocycles. The van der Waals surface area contributed by atoms with Gasteiger partial charge in [0.05, 0.1) is 25.1 Å². The minimum absolute atomic E-state index is 0.535. The molecule has 0 amide bonds. The number of thiophene rings is 1. The number of ether oxygens (including phenoxy) is 1. The quantitative estimate of drug-likeness (QED) is 0.928. The lowest BCUT2D eigenvalue weighted by Crippen LogP contribution is -2.35. The molecule has 0 saturated carbocycles. The fourth-order valence-corrected chi connectivity index (χ4v) is 3.76. The van der Waals surface area contributed by atoms with Gasteiger partial charge >= 0.3 is 0 Å². The van der Waals surface area contributed by atoms with Crippen molar-refractivity contribution in [3.63, 3.8) is 0 Å². The minimum atomic E-state index is 0.535. The lowest BCUT2D eigenvalue weighted by Gasteiger charge is -2.25. The summed E-state index contributed by atoms with van der Waals surface area (Å²) in [6, 6.07) is 2.11. The Morgan fingerprint density at radius 2 is 2.14 bits per heavy atom. The Bertz CT molecular complexity index is 761. The molecule has 1 saturated heterocycles. The molecule has 2 N–H and O–H groups in total. The van der Waals surface area contributed by atoms with E-state index in [0.29, 0.717) is 18.2 Å². The van der Waals surface area contributed by atoms with Crippen molar-refractivity contribution < 1.29 is 4.74 Å². The highest BCUT2D eigenvalue weighted by molar-refractivity contribution is 7.18. The van der Waals surface area contributed by atoms with Gasteiger partial charge < -0.3 is 10.5 Å². The number of allylic oxidation sites excluding steroid dienone is 1. The van der Waals surface area contributed by atoms with Gasteiger partial charge in [-0.05, 0) is 12.1 Å². The Morgan fingerprint density at radius 3 is 2.91 bits per heavy atom. The second-order valence-electron chi connectivity index (χ2n) is 5.38. The zero-order valence-corrected chi connectivity index (χ0v) is 13.0. The van der Waals surface area contributed by atoms with Crippen molar-refractivity contribution in [1.29, 1.82) is 0 Å². The summed E-state index contributed by atoms with van der Waals surface area (Å²) < 4.78 is 5.39. The van der Waals surface area contributed by atoms with Crippen molar-refractivity contribution in [3.05, 3.63) is 28.9 Å². The standard InChI is InChI=1S/C15H17N5OS/c16-13-11-8-10(9-20-4-6-21-7-5-20)22-15(11)19-14(18-13)12-2-1-3-17-12/h1-2,8H,3-7,9H2,(H2,16,18,19). The van der Waals surface area contributed by atoms with Crippen LogP contribution in [0.15, 0.2) is 23.2 Å². The number of fused-ring (bicyclic) bond motifs is 1. The molecule has 0 unspecified atom stereocenters. The third-order valence-corrected chi connectivity index (χ3v) is 4.84. The van der Waals surface area contributed by atoms with Gasteiger partial charge in [-0.25, -0.2) is 9.97 Å². The number of anilines is 1. The van der Waals surface area contributed by atoms with Gasteiger partial charge in [0.2, 0.25) is 0 Å². The van der Waals surface area contributed by atoms with Gasteiger partial charge in [0.25, 0.3) is 0 Å². The van der Waals surface area contributed by atoms with Crippen LogP contribution in [0.2, 0.25) is 0 Å². The summed E-state index contributed by atoms with van der Waals surface area (Å²) in [6.07, 6.45) is 3.94. The number of aliphatic imine (C=N–C) groups is 1. The van der Waals surface area contributed by atoms with E-state index in [1.54, 1.807) is 11.3 Å². The fourth-order valence-electron chi connectivity index (χ4n) is 2.68. The van der Waals surface area contributed by atoms with Crippen molar-refractivity contribution in [2.24, 2.45) is 4.99 Å². The summed E-state index contributed by atoms with van der Waals surface area (Å²) >= 11 is 1.69.